The number of hydrogen-bond acceptors (Lipinski definition) is 0. The van der Waals surface area contributed by atoms with Gasteiger partial charge in [0.25, 0.3) is 0 Å². The average Bonchev–Trinajstić information content (AvgIpc) is 2.36. The topological polar surface area (TPSA) is 0 Å². The van der Waals surface area contributed by atoms with Crippen LogP contribution in [0.4, 0.5) is 0 Å². The van der Waals surface area contributed by atoms with Crippen molar-refractivity contribution >= 4 is 0 Å². The summed E-state index contributed by atoms with van der Waals surface area (Å²) in [4.78, 5) is 0. The van der Waals surface area contributed by atoms with Gasteiger partial charge in [0.1, 0.15) is 0 Å². The zero-order valence-electron chi connectivity index (χ0n) is 11.9. The molecular formula is C19H22. The highest BCUT2D eigenvalue weighted by atomic mass is 14.3. The molecule has 0 spiro atoms. The van der Waals surface area contributed by atoms with E-state index in [4.69, 9.17) is 0 Å². The third-order valence-corrected chi connectivity index (χ3v) is 4.58. The summed E-state index contributed by atoms with van der Waals surface area (Å²) >= 11 is 0. The predicted molar refractivity (Wildman–Crippen MR) is 81.5 cm³/mol. The Morgan fingerprint density at radius 2 is 1.58 bits per heavy atom. The standard InChI is InChI=1S/C19H22/c1-14-10-12-17(13-11-14)19(16-7-5-8-16)18-9-4-3-6-15(18)2/h3-4,6,9-13,16,19H,5,7-8H2,1-2H3. The molecule has 0 amide bonds. The van der Waals surface area contributed by atoms with Gasteiger partial charge in [-0.2, -0.15) is 0 Å². The van der Waals surface area contributed by atoms with Gasteiger partial charge in [-0.05, 0) is 49.3 Å². The van der Waals surface area contributed by atoms with Crippen molar-refractivity contribution in [3.8, 4) is 0 Å². The molecule has 0 nitrogen and oxygen atoms in total. The first kappa shape index (κ1) is 12.5. The van der Waals surface area contributed by atoms with Gasteiger partial charge in [0, 0.05) is 5.92 Å². The molecule has 1 atom stereocenters. The Balaban J connectivity index is 2.02. The minimum Gasteiger partial charge on any atom is -0.0620 e. The normalized spacial score (nSPS) is 16.9. The van der Waals surface area contributed by atoms with Crippen molar-refractivity contribution in [1.82, 2.24) is 0 Å². The van der Waals surface area contributed by atoms with E-state index in [-0.39, 0.29) is 0 Å². The van der Waals surface area contributed by atoms with Gasteiger partial charge in [-0.1, -0.05) is 60.5 Å². The van der Waals surface area contributed by atoms with Crippen LogP contribution in [0.2, 0.25) is 0 Å². The first-order valence-electron chi connectivity index (χ1n) is 7.38. The number of benzene rings is 2. The van der Waals surface area contributed by atoms with Crippen LogP contribution in [0.3, 0.4) is 0 Å². The molecule has 1 fully saturated rings. The Morgan fingerprint density at radius 3 is 2.16 bits per heavy atom. The number of hydrogen-bond donors (Lipinski definition) is 0. The van der Waals surface area contributed by atoms with Gasteiger partial charge in [0.05, 0.1) is 0 Å². The lowest BCUT2D eigenvalue weighted by Gasteiger charge is -2.35. The van der Waals surface area contributed by atoms with E-state index in [9.17, 15) is 0 Å². The summed E-state index contributed by atoms with van der Waals surface area (Å²) in [6, 6.07) is 18.0. The fourth-order valence-corrected chi connectivity index (χ4v) is 3.19. The highest BCUT2D eigenvalue weighted by Gasteiger charge is 2.30. The Hall–Kier alpha value is -1.56. The van der Waals surface area contributed by atoms with Gasteiger partial charge in [-0.15, -0.1) is 0 Å². The van der Waals surface area contributed by atoms with Crippen molar-refractivity contribution < 1.29 is 0 Å². The highest BCUT2D eigenvalue weighted by molar-refractivity contribution is 5.39. The summed E-state index contributed by atoms with van der Waals surface area (Å²) in [6.45, 7) is 4.41. The van der Waals surface area contributed by atoms with Crippen LogP contribution in [0.1, 0.15) is 47.4 Å². The fraction of sp³-hybridized carbons (Fsp3) is 0.368. The molecule has 0 N–H and O–H groups in total. The third kappa shape index (κ3) is 2.45. The molecule has 19 heavy (non-hydrogen) atoms. The fourth-order valence-electron chi connectivity index (χ4n) is 3.19. The predicted octanol–water partition coefficient (Wildman–Crippen LogP) is 5.24. The smallest absolute Gasteiger partial charge is 0.0120 e. The molecule has 1 aliphatic carbocycles. The van der Waals surface area contributed by atoms with Crippen LogP contribution in [0.5, 0.6) is 0 Å². The monoisotopic (exact) mass is 250 g/mol. The lowest BCUT2D eigenvalue weighted by molar-refractivity contribution is 0.283. The molecule has 98 valence electrons. The molecule has 0 heterocycles. The summed E-state index contributed by atoms with van der Waals surface area (Å²) in [5.74, 6) is 1.43. The zero-order valence-corrected chi connectivity index (χ0v) is 11.9. The van der Waals surface area contributed by atoms with Crippen molar-refractivity contribution in [2.45, 2.75) is 39.0 Å². The quantitative estimate of drug-likeness (QED) is 0.699. The molecule has 0 aliphatic heterocycles. The maximum Gasteiger partial charge on any atom is 0.0120 e. The Morgan fingerprint density at radius 1 is 0.895 bits per heavy atom. The van der Waals surface area contributed by atoms with Crippen LogP contribution in [0.15, 0.2) is 48.5 Å². The molecule has 0 bridgehead atoms. The highest BCUT2D eigenvalue weighted by Crippen LogP contribution is 2.44. The van der Waals surface area contributed by atoms with E-state index >= 15 is 0 Å². The van der Waals surface area contributed by atoms with E-state index in [0.29, 0.717) is 5.92 Å². The summed E-state index contributed by atoms with van der Waals surface area (Å²) in [6.07, 6.45) is 4.17. The van der Waals surface area contributed by atoms with Crippen LogP contribution in [0.25, 0.3) is 0 Å². The van der Waals surface area contributed by atoms with Crippen molar-refractivity contribution in [2.75, 3.05) is 0 Å². The molecule has 2 aromatic carbocycles. The molecule has 0 saturated heterocycles. The van der Waals surface area contributed by atoms with Crippen LogP contribution in [-0.2, 0) is 0 Å². The molecule has 1 unspecified atom stereocenters. The summed E-state index contributed by atoms with van der Waals surface area (Å²) in [5.41, 5.74) is 5.79. The molecular weight excluding hydrogens is 228 g/mol. The average molecular weight is 250 g/mol. The van der Waals surface area contributed by atoms with Crippen molar-refractivity contribution in [3.63, 3.8) is 0 Å². The summed E-state index contributed by atoms with van der Waals surface area (Å²) in [7, 11) is 0. The van der Waals surface area contributed by atoms with Gasteiger partial charge in [0.15, 0.2) is 0 Å². The number of aryl methyl sites for hydroxylation is 2. The van der Waals surface area contributed by atoms with Gasteiger partial charge >= 0.3 is 0 Å². The van der Waals surface area contributed by atoms with Crippen molar-refractivity contribution in [2.24, 2.45) is 5.92 Å². The van der Waals surface area contributed by atoms with Gasteiger partial charge in [0.2, 0.25) is 0 Å². The zero-order chi connectivity index (χ0) is 13.2. The minimum atomic E-state index is 0.593. The maximum absolute atomic E-state index is 2.32. The number of rotatable bonds is 3. The van der Waals surface area contributed by atoms with Gasteiger partial charge < -0.3 is 0 Å². The van der Waals surface area contributed by atoms with E-state index in [1.54, 1.807) is 0 Å². The second-order valence-electron chi connectivity index (χ2n) is 5.94. The second-order valence-corrected chi connectivity index (χ2v) is 5.94. The van der Waals surface area contributed by atoms with E-state index in [2.05, 4.69) is 62.4 Å². The second kappa shape index (κ2) is 5.21. The Kier molecular flexibility index (Phi) is 3.42. The largest absolute Gasteiger partial charge is 0.0620 e. The Bertz CT molecular complexity index is 547. The lowest BCUT2D eigenvalue weighted by atomic mass is 9.69. The van der Waals surface area contributed by atoms with E-state index in [1.165, 1.54) is 41.5 Å². The molecule has 1 aliphatic rings. The summed E-state index contributed by atoms with van der Waals surface area (Å²) < 4.78 is 0. The summed E-state index contributed by atoms with van der Waals surface area (Å²) in [5, 5.41) is 0. The lowest BCUT2D eigenvalue weighted by Crippen LogP contribution is -2.22. The van der Waals surface area contributed by atoms with Gasteiger partial charge in [-0.25, -0.2) is 0 Å². The van der Waals surface area contributed by atoms with Crippen LogP contribution in [0, 0.1) is 19.8 Å². The molecule has 1 saturated carbocycles. The Labute approximate surface area is 116 Å². The molecule has 2 aromatic rings. The molecule has 0 aromatic heterocycles. The SMILES string of the molecule is Cc1ccc(C(c2ccccc2C)C2CCC2)cc1. The van der Waals surface area contributed by atoms with E-state index < -0.39 is 0 Å². The van der Waals surface area contributed by atoms with Crippen molar-refractivity contribution in [1.29, 1.82) is 0 Å². The molecule has 0 radical (unpaired) electrons. The van der Waals surface area contributed by atoms with Crippen molar-refractivity contribution in [3.05, 3.63) is 70.8 Å². The van der Waals surface area contributed by atoms with Gasteiger partial charge in [-0.3, -0.25) is 0 Å². The maximum atomic E-state index is 2.32. The van der Waals surface area contributed by atoms with Crippen LogP contribution >= 0.6 is 0 Å². The third-order valence-electron chi connectivity index (χ3n) is 4.58. The molecule has 3 rings (SSSR count). The minimum absolute atomic E-state index is 0.593. The van der Waals surface area contributed by atoms with Crippen LogP contribution in [-0.4, -0.2) is 0 Å². The van der Waals surface area contributed by atoms with E-state index in [0.717, 1.165) is 5.92 Å². The van der Waals surface area contributed by atoms with Crippen LogP contribution < -0.4 is 0 Å². The first-order valence-corrected chi connectivity index (χ1v) is 7.38. The molecule has 0 heteroatoms. The first-order chi connectivity index (χ1) is 9.25. The van der Waals surface area contributed by atoms with E-state index in [1.807, 2.05) is 0 Å².